The van der Waals surface area contributed by atoms with Gasteiger partial charge < -0.3 is 4.90 Å². The molecule has 0 saturated carbocycles. The Balaban J connectivity index is 2.13. The number of likely N-dealkylation sites (tertiary alicyclic amines) is 1. The maximum absolute atomic E-state index is 12.9. The Kier molecular flexibility index (Phi) is 4.95. The van der Waals surface area contributed by atoms with Crippen LogP contribution in [0.4, 0.5) is 13.2 Å². The van der Waals surface area contributed by atoms with E-state index in [0.29, 0.717) is 4.90 Å². The maximum atomic E-state index is 12.9. The summed E-state index contributed by atoms with van der Waals surface area (Å²) in [6.45, 7) is 0.718. The van der Waals surface area contributed by atoms with Gasteiger partial charge in [-0.05, 0) is 25.0 Å². The quantitative estimate of drug-likeness (QED) is 0.890. The molecule has 6 nitrogen and oxygen atoms in total. The van der Waals surface area contributed by atoms with Crippen molar-refractivity contribution < 1.29 is 26.4 Å². The summed E-state index contributed by atoms with van der Waals surface area (Å²) in [7, 11) is -3.89. The first-order chi connectivity index (χ1) is 10.6. The number of halogens is 3. The molecule has 23 heavy (non-hydrogen) atoms. The van der Waals surface area contributed by atoms with Gasteiger partial charge in [-0.2, -0.15) is 13.2 Å². The Bertz CT molecular complexity index is 664. The molecule has 0 radical (unpaired) electrons. The van der Waals surface area contributed by atoms with E-state index in [1.54, 1.807) is 0 Å². The van der Waals surface area contributed by atoms with E-state index in [9.17, 15) is 26.4 Å². The minimum Gasteiger partial charge on any atom is -0.329 e. The third-order valence-corrected chi connectivity index (χ3v) is 5.14. The van der Waals surface area contributed by atoms with E-state index in [4.69, 9.17) is 0 Å². The molecule has 0 unspecified atom stereocenters. The molecule has 2 atom stereocenters. The molecular formula is C13H16F3N3O3S. The molecule has 1 N–H and O–H groups in total. The van der Waals surface area contributed by atoms with Crippen molar-refractivity contribution in [3.05, 3.63) is 24.5 Å². The molecule has 1 aromatic heterocycles. The fourth-order valence-electron chi connectivity index (χ4n) is 2.55. The van der Waals surface area contributed by atoms with Gasteiger partial charge in [0.1, 0.15) is 10.9 Å². The number of hydrogen-bond acceptors (Lipinski definition) is 4. The number of carbonyl (C=O) groups excluding carboxylic acids is 1. The molecule has 2 rings (SSSR count). The highest BCUT2D eigenvalue weighted by Gasteiger charge is 2.47. The zero-order chi connectivity index (χ0) is 17.3. The molecular weight excluding hydrogens is 335 g/mol. The van der Waals surface area contributed by atoms with E-state index in [0.717, 1.165) is 13.1 Å². The van der Waals surface area contributed by atoms with Crippen LogP contribution >= 0.6 is 0 Å². The van der Waals surface area contributed by atoms with Crippen molar-refractivity contribution in [1.82, 2.24) is 14.6 Å². The summed E-state index contributed by atoms with van der Waals surface area (Å²) in [6, 6.07) is 0.123. The van der Waals surface area contributed by atoms with Gasteiger partial charge in [0.05, 0.1) is 0 Å². The van der Waals surface area contributed by atoms with Gasteiger partial charge in [-0.15, -0.1) is 0 Å². The van der Waals surface area contributed by atoms with Crippen LogP contribution in [0, 0.1) is 0 Å². The minimum absolute atomic E-state index is 0.00650. The number of pyridine rings is 1. The average molecular weight is 351 g/mol. The lowest BCUT2D eigenvalue weighted by atomic mass is 9.98. The summed E-state index contributed by atoms with van der Waals surface area (Å²) in [5.41, 5.74) is 0. The number of sulfonamides is 1. The maximum Gasteiger partial charge on any atom is 0.408 e. The summed E-state index contributed by atoms with van der Waals surface area (Å²) < 4.78 is 65.5. The van der Waals surface area contributed by atoms with Gasteiger partial charge in [0.2, 0.25) is 15.9 Å². The first-order valence-corrected chi connectivity index (χ1v) is 8.36. The number of alkyl halides is 3. The molecule has 2 heterocycles. The number of piperidine rings is 1. The predicted molar refractivity (Wildman–Crippen MR) is 74.8 cm³/mol. The number of hydrogen-bond donors (Lipinski definition) is 1. The van der Waals surface area contributed by atoms with Crippen LogP contribution < -0.4 is 4.72 Å². The molecule has 128 valence electrons. The molecule has 1 saturated heterocycles. The van der Waals surface area contributed by atoms with Crippen molar-refractivity contribution in [3.63, 3.8) is 0 Å². The van der Waals surface area contributed by atoms with E-state index >= 15 is 0 Å². The highest BCUT2D eigenvalue weighted by Crippen LogP contribution is 2.32. The van der Waals surface area contributed by atoms with Crippen molar-refractivity contribution in [2.24, 2.45) is 0 Å². The second kappa shape index (κ2) is 6.44. The van der Waals surface area contributed by atoms with Crippen molar-refractivity contribution >= 4 is 15.9 Å². The minimum atomic E-state index is -4.53. The fraction of sp³-hybridized carbons (Fsp3) is 0.538. The van der Waals surface area contributed by atoms with Crippen molar-refractivity contribution in [2.45, 2.75) is 42.9 Å². The highest BCUT2D eigenvalue weighted by molar-refractivity contribution is 7.89. The third kappa shape index (κ3) is 4.20. The van der Waals surface area contributed by atoms with E-state index in [1.165, 1.54) is 18.3 Å². The number of aromatic nitrogens is 1. The van der Waals surface area contributed by atoms with E-state index in [2.05, 4.69) is 9.71 Å². The normalized spacial score (nSPS) is 22.9. The van der Waals surface area contributed by atoms with E-state index < -0.39 is 34.2 Å². The van der Waals surface area contributed by atoms with Crippen LogP contribution in [0.2, 0.25) is 0 Å². The number of amides is 1. The molecule has 1 aliphatic heterocycles. The first kappa shape index (κ1) is 17.7. The zero-order valence-electron chi connectivity index (χ0n) is 12.2. The van der Waals surface area contributed by atoms with Crippen LogP contribution in [-0.2, 0) is 14.8 Å². The fourth-order valence-corrected chi connectivity index (χ4v) is 3.77. The molecule has 1 aliphatic rings. The monoisotopic (exact) mass is 351 g/mol. The standard InChI is InChI=1S/C13H16F3N3O3S/c1-9(20)19-8-10(4-5-12(19)13(14,15)16)18-23(21,22)11-3-2-6-17-7-11/h2-3,6-7,10,12,18H,4-5,8H2,1H3/t10-,12+/m1/s1. The van der Waals surface area contributed by atoms with Gasteiger partial charge in [0, 0.05) is 31.9 Å². The molecule has 0 aliphatic carbocycles. The SMILES string of the molecule is CC(=O)N1C[C@H](NS(=O)(=O)c2cccnc2)CC[C@H]1C(F)(F)F. The first-order valence-electron chi connectivity index (χ1n) is 6.87. The Hall–Kier alpha value is -1.68. The lowest BCUT2D eigenvalue weighted by Gasteiger charge is -2.39. The van der Waals surface area contributed by atoms with Gasteiger partial charge in [-0.25, -0.2) is 13.1 Å². The molecule has 0 aromatic carbocycles. The van der Waals surface area contributed by atoms with Gasteiger partial charge in [0.15, 0.2) is 0 Å². The summed E-state index contributed by atoms with van der Waals surface area (Å²) in [5.74, 6) is -0.738. The Labute approximate surface area is 131 Å². The van der Waals surface area contributed by atoms with Crippen LogP contribution in [0.3, 0.4) is 0 Å². The topological polar surface area (TPSA) is 79.4 Å². The van der Waals surface area contributed by atoms with Crippen LogP contribution in [-0.4, -0.2) is 49.0 Å². The second-order valence-electron chi connectivity index (χ2n) is 5.31. The van der Waals surface area contributed by atoms with Gasteiger partial charge in [0.25, 0.3) is 0 Å². The van der Waals surface area contributed by atoms with Crippen LogP contribution in [0.25, 0.3) is 0 Å². The van der Waals surface area contributed by atoms with Crippen LogP contribution in [0.1, 0.15) is 19.8 Å². The third-order valence-electron chi connectivity index (χ3n) is 3.63. The molecule has 1 fully saturated rings. The Morgan fingerprint density at radius 3 is 2.61 bits per heavy atom. The van der Waals surface area contributed by atoms with Gasteiger partial charge >= 0.3 is 6.18 Å². The predicted octanol–water partition coefficient (Wildman–Crippen LogP) is 1.30. The number of nitrogens with one attached hydrogen (secondary N) is 1. The summed E-state index contributed by atoms with van der Waals surface area (Å²) in [6.07, 6.45) is -2.33. The largest absolute Gasteiger partial charge is 0.408 e. The molecule has 0 spiro atoms. The average Bonchev–Trinajstić information content (AvgIpc) is 2.46. The smallest absolute Gasteiger partial charge is 0.329 e. The van der Waals surface area contributed by atoms with Crippen LogP contribution in [0.5, 0.6) is 0 Å². The van der Waals surface area contributed by atoms with E-state index in [1.807, 2.05) is 0 Å². The van der Waals surface area contributed by atoms with Crippen LogP contribution in [0.15, 0.2) is 29.4 Å². The lowest BCUT2D eigenvalue weighted by Crippen LogP contribution is -2.57. The molecule has 0 bridgehead atoms. The second-order valence-corrected chi connectivity index (χ2v) is 7.03. The summed E-state index contributed by atoms with van der Waals surface area (Å²) in [4.78, 5) is 15.8. The lowest BCUT2D eigenvalue weighted by molar-refractivity contribution is -0.196. The highest BCUT2D eigenvalue weighted by atomic mass is 32.2. The Morgan fingerprint density at radius 2 is 2.09 bits per heavy atom. The molecule has 1 aromatic rings. The van der Waals surface area contributed by atoms with E-state index in [-0.39, 0.29) is 24.3 Å². The molecule has 1 amide bonds. The van der Waals surface area contributed by atoms with Crippen molar-refractivity contribution in [3.8, 4) is 0 Å². The number of carbonyl (C=O) groups is 1. The van der Waals surface area contributed by atoms with Crippen molar-refractivity contribution in [2.75, 3.05) is 6.54 Å². The Morgan fingerprint density at radius 1 is 1.39 bits per heavy atom. The number of rotatable bonds is 3. The zero-order valence-corrected chi connectivity index (χ0v) is 13.1. The number of nitrogens with zero attached hydrogens (tertiary/aromatic N) is 2. The molecule has 10 heteroatoms. The summed E-state index contributed by atoms with van der Waals surface area (Å²) >= 11 is 0. The summed E-state index contributed by atoms with van der Waals surface area (Å²) in [5, 5.41) is 0. The van der Waals surface area contributed by atoms with Gasteiger partial charge in [-0.1, -0.05) is 0 Å². The van der Waals surface area contributed by atoms with Crippen molar-refractivity contribution in [1.29, 1.82) is 0 Å². The van der Waals surface area contributed by atoms with Gasteiger partial charge in [-0.3, -0.25) is 9.78 Å².